The number of aromatic nitrogens is 2. The molecule has 0 radical (unpaired) electrons. The predicted octanol–water partition coefficient (Wildman–Crippen LogP) is 5.42. The molecule has 0 aliphatic rings. The Balaban J connectivity index is 2.78. The van der Waals surface area contributed by atoms with Gasteiger partial charge in [0.1, 0.15) is 22.9 Å². The topological polar surface area (TPSA) is 64.7 Å². The maximum Gasteiger partial charge on any atom is 0.578 e. The normalized spacial score (nSPS) is 13.5. The van der Waals surface area contributed by atoms with E-state index >= 15 is 0 Å². The Morgan fingerprint density at radius 2 is 1.70 bits per heavy atom. The SMILES string of the molecule is CSc1c([S+]([O-])C(F)(F)F)c(C#N)nn1-c1c(Cl)cc(C(F)(F)F)cc1Cl. The van der Waals surface area contributed by atoms with Crippen molar-refractivity contribution in [3.63, 3.8) is 0 Å². The second-order valence-electron chi connectivity index (χ2n) is 4.71. The first-order valence-corrected chi connectivity index (χ1v) is 9.58. The number of alkyl halides is 6. The van der Waals surface area contributed by atoms with Crippen LogP contribution < -0.4 is 0 Å². The van der Waals surface area contributed by atoms with Crippen LogP contribution in [0.1, 0.15) is 11.3 Å². The van der Waals surface area contributed by atoms with Crippen molar-refractivity contribution in [2.45, 2.75) is 21.6 Å². The standard InChI is InChI=1S/C13H5Cl2F6N3OS2/c1-26-11-10(27(25)13(19,20)21)8(4-22)23-24(11)9-6(14)2-5(3-7(9)15)12(16,17)18/h2-3H,1H3. The lowest BCUT2D eigenvalue weighted by Gasteiger charge is -2.15. The van der Waals surface area contributed by atoms with Crippen LogP contribution in [0.3, 0.4) is 0 Å². The minimum Gasteiger partial charge on any atom is -0.604 e. The van der Waals surface area contributed by atoms with Crippen LogP contribution in [0, 0.1) is 11.3 Å². The van der Waals surface area contributed by atoms with Gasteiger partial charge in [0.05, 0.1) is 15.6 Å². The van der Waals surface area contributed by atoms with Gasteiger partial charge in [-0.25, -0.2) is 4.68 Å². The van der Waals surface area contributed by atoms with Gasteiger partial charge in [0.15, 0.2) is 5.03 Å². The molecule has 0 fully saturated rings. The fourth-order valence-corrected chi connectivity index (χ4v) is 4.46. The zero-order valence-corrected chi connectivity index (χ0v) is 15.9. The monoisotopic (exact) mass is 467 g/mol. The van der Waals surface area contributed by atoms with Crippen molar-refractivity contribution in [3.05, 3.63) is 33.4 Å². The van der Waals surface area contributed by atoms with Gasteiger partial charge in [-0.3, -0.25) is 0 Å². The molecule has 0 aliphatic heterocycles. The summed E-state index contributed by atoms with van der Waals surface area (Å²) in [6.45, 7) is 0. The van der Waals surface area contributed by atoms with Crippen LogP contribution in [-0.2, 0) is 17.4 Å². The van der Waals surface area contributed by atoms with Crippen LogP contribution in [-0.4, -0.2) is 26.1 Å². The van der Waals surface area contributed by atoms with Gasteiger partial charge < -0.3 is 4.55 Å². The molecule has 0 saturated heterocycles. The summed E-state index contributed by atoms with van der Waals surface area (Å²) >= 11 is 8.73. The van der Waals surface area contributed by atoms with Gasteiger partial charge in [-0.2, -0.15) is 23.5 Å². The number of benzene rings is 1. The lowest BCUT2D eigenvalue weighted by atomic mass is 10.2. The molecule has 0 bridgehead atoms. The van der Waals surface area contributed by atoms with E-state index in [1.54, 1.807) is 0 Å². The van der Waals surface area contributed by atoms with Crippen LogP contribution in [0.25, 0.3) is 5.69 Å². The molecule has 0 N–H and O–H groups in total. The maximum atomic E-state index is 12.9. The van der Waals surface area contributed by atoms with E-state index in [0.29, 0.717) is 28.6 Å². The molecule has 0 amide bonds. The summed E-state index contributed by atoms with van der Waals surface area (Å²) < 4.78 is 89.6. The van der Waals surface area contributed by atoms with Gasteiger partial charge in [-0.05, 0) is 18.4 Å². The van der Waals surface area contributed by atoms with Crippen LogP contribution in [0.15, 0.2) is 22.1 Å². The van der Waals surface area contributed by atoms with E-state index in [0.717, 1.165) is 0 Å². The molecule has 4 nitrogen and oxygen atoms in total. The lowest BCUT2D eigenvalue weighted by Crippen LogP contribution is -2.24. The van der Waals surface area contributed by atoms with E-state index in [1.165, 1.54) is 12.3 Å². The number of rotatable bonds is 3. The van der Waals surface area contributed by atoms with Crippen LogP contribution in [0.2, 0.25) is 10.0 Å². The summed E-state index contributed by atoms with van der Waals surface area (Å²) in [4.78, 5) is -0.926. The second kappa shape index (κ2) is 7.63. The summed E-state index contributed by atoms with van der Waals surface area (Å²) in [7, 11) is 0. The number of thioether (sulfide) groups is 1. The molecule has 0 spiro atoms. The Labute approximate surface area is 165 Å². The number of hydrogen-bond acceptors (Lipinski definition) is 4. The molecule has 0 saturated carbocycles. The third-order valence-electron chi connectivity index (χ3n) is 3.05. The second-order valence-corrected chi connectivity index (χ2v) is 7.73. The van der Waals surface area contributed by atoms with Gasteiger partial charge in [-0.15, -0.1) is 24.9 Å². The van der Waals surface area contributed by atoms with Crippen LogP contribution in [0.4, 0.5) is 26.3 Å². The molecule has 1 aromatic heterocycles. The van der Waals surface area contributed by atoms with E-state index in [2.05, 4.69) is 5.10 Å². The highest BCUT2D eigenvalue weighted by Gasteiger charge is 2.50. The third kappa shape index (κ3) is 4.27. The molecule has 2 aromatic rings. The van der Waals surface area contributed by atoms with Crippen LogP contribution >= 0.6 is 35.0 Å². The zero-order valence-electron chi connectivity index (χ0n) is 12.7. The van der Waals surface area contributed by atoms with Crippen molar-refractivity contribution < 1.29 is 30.9 Å². The number of nitrogens with zero attached hydrogens (tertiary/aromatic N) is 3. The lowest BCUT2D eigenvalue weighted by molar-refractivity contribution is -0.137. The quantitative estimate of drug-likeness (QED) is 0.343. The Kier molecular flexibility index (Phi) is 6.23. The molecule has 1 aromatic carbocycles. The molecule has 2 rings (SSSR count). The largest absolute Gasteiger partial charge is 0.604 e. The van der Waals surface area contributed by atoms with E-state index < -0.39 is 54.1 Å². The van der Waals surface area contributed by atoms with E-state index in [1.807, 2.05) is 0 Å². The molecule has 1 atom stereocenters. The third-order valence-corrected chi connectivity index (χ3v) is 5.70. The summed E-state index contributed by atoms with van der Waals surface area (Å²) in [5.74, 6) is 0. The van der Waals surface area contributed by atoms with Gasteiger partial charge in [0, 0.05) is 0 Å². The Bertz CT molecular complexity index is 899. The molecule has 27 heavy (non-hydrogen) atoms. The van der Waals surface area contributed by atoms with Crippen molar-refractivity contribution >= 4 is 46.1 Å². The smallest absolute Gasteiger partial charge is 0.578 e. The summed E-state index contributed by atoms with van der Waals surface area (Å²) in [6, 6.07) is 2.41. The van der Waals surface area contributed by atoms with Crippen molar-refractivity contribution in [3.8, 4) is 11.8 Å². The first kappa shape index (κ1) is 22.0. The summed E-state index contributed by atoms with van der Waals surface area (Å²) in [5.41, 5.74) is -7.56. The van der Waals surface area contributed by atoms with Crippen LogP contribution in [0.5, 0.6) is 0 Å². The number of halogens is 8. The Hall–Kier alpha value is -1.26. The van der Waals surface area contributed by atoms with E-state index in [4.69, 9.17) is 28.5 Å². The molecule has 1 heterocycles. The minimum absolute atomic E-state index is 0.377. The fourth-order valence-electron chi connectivity index (χ4n) is 2.01. The fraction of sp³-hybridized carbons (Fsp3) is 0.231. The molecule has 14 heteroatoms. The summed E-state index contributed by atoms with van der Waals surface area (Å²) in [6.07, 6.45) is -3.46. The van der Waals surface area contributed by atoms with E-state index in [-0.39, 0.29) is 5.69 Å². The first-order chi connectivity index (χ1) is 12.3. The minimum atomic E-state index is -5.18. The molecular weight excluding hydrogens is 463 g/mol. The van der Waals surface area contributed by atoms with Crippen molar-refractivity contribution in [2.24, 2.45) is 0 Å². The van der Waals surface area contributed by atoms with E-state index in [9.17, 15) is 30.9 Å². The van der Waals surface area contributed by atoms with Gasteiger partial charge in [0.25, 0.3) is 0 Å². The maximum absolute atomic E-state index is 12.9. The highest BCUT2D eigenvalue weighted by molar-refractivity contribution is 7.99. The van der Waals surface area contributed by atoms with Crippen molar-refractivity contribution in [1.82, 2.24) is 9.78 Å². The molecule has 0 aliphatic carbocycles. The highest BCUT2D eigenvalue weighted by Crippen LogP contribution is 2.42. The Morgan fingerprint density at radius 1 is 1.19 bits per heavy atom. The zero-order chi connectivity index (χ0) is 20.7. The molecule has 1 unspecified atom stereocenters. The number of nitriles is 1. The average molecular weight is 468 g/mol. The Morgan fingerprint density at radius 3 is 2.07 bits per heavy atom. The predicted molar refractivity (Wildman–Crippen MR) is 87.5 cm³/mol. The average Bonchev–Trinajstić information content (AvgIpc) is 2.89. The van der Waals surface area contributed by atoms with Gasteiger partial charge in [0.2, 0.25) is 10.6 Å². The van der Waals surface area contributed by atoms with Crippen molar-refractivity contribution in [1.29, 1.82) is 5.26 Å². The number of hydrogen-bond donors (Lipinski definition) is 0. The summed E-state index contributed by atoms with van der Waals surface area (Å²) in [5, 5.41) is 11.1. The first-order valence-electron chi connectivity index (χ1n) is 6.45. The van der Waals surface area contributed by atoms with Gasteiger partial charge >= 0.3 is 11.7 Å². The van der Waals surface area contributed by atoms with Crippen molar-refractivity contribution in [2.75, 3.05) is 6.26 Å². The van der Waals surface area contributed by atoms with Gasteiger partial charge in [-0.1, -0.05) is 23.2 Å². The highest BCUT2D eigenvalue weighted by atomic mass is 35.5. The molecular formula is C13H5Cl2F6N3OS2. The molecule has 146 valence electrons.